The molecule has 3 amide bonds. The molecular weight excluding hydrogens is 684 g/mol. The molecule has 2 aromatic rings. The van der Waals surface area contributed by atoms with Gasteiger partial charge in [-0.15, -0.1) is 0 Å². The Hall–Kier alpha value is -4.50. The number of carbonyl (C=O) groups is 3. The van der Waals surface area contributed by atoms with Crippen molar-refractivity contribution < 1.29 is 47.9 Å². The molecule has 51 heavy (non-hydrogen) atoms. The van der Waals surface area contributed by atoms with Gasteiger partial charge in [-0.05, 0) is 50.1 Å². The first kappa shape index (κ1) is 37.7. The van der Waals surface area contributed by atoms with Gasteiger partial charge in [0.25, 0.3) is 0 Å². The van der Waals surface area contributed by atoms with E-state index < -0.39 is 59.8 Å². The number of nitrogens with two attached hydrogens (primary N) is 1. The van der Waals surface area contributed by atoms with Crippen LogP contribution < -0.4 is 30.7 Å². The number of methoxy groups -OCH3 is 3. The Kier molecular flexibility index (Phi) is 11.1. The van der Waals surface area contributed by atoms with Gasteiger partial charge in [-0.2, -0.15) is 0 Å². The molecule has 0 aliphatic carbocycles. The Morgan fingerprint density at radius 3 is 2.57 bits per heavy atom. The van der Waals surface area contributed by atoms with Crippen molar-refractivity contribution in [3.63, 3.8) is 0 Å². The van der Waals surface area contributed by atoms with Gasteiger partial charge in [0, 0.05) is 38.2 Å². The molecule has 4 bridgehead atoms. The minimum atomic E-state index is -1.82. The number of benzene rings is 2. The van der Waals surface area contributed by atoms with Crippen LogP contribution in [0.4, 0.5) is 26.7 Å². The van der Waals surface area contributed by atoms with Crippen LogP contribution in [0, 0.1) is 5.92 Å². The highest BCUT2D eigenvalue weighted by atomic mass is 35.5. The molecule has 0 aromatic heterocycles. The maximum Gasteiger partial charge on any atom is 0.412 e. The first-order chi connectivity index (χ1) is 24.1. The zero-order valence-electron chi connectivity index (χ0n) is 29.7. The van der Waals surface area contributed by atoms with Crippen molar-refractivity contribution in [1.82, 2.24) is 5.32 Å². The summed E-state index contributed by atoms with van der Waals surface area (Å²) >= 11 is 6.74. The lowest BCUT2D eigenvalue weighted by atomic mass is 9.83. The van der Waals surface area contributed by atoms with E-state index in [1.165, 1.54) is 26.2 Å². The number of fused-ring (bicyclic) bond motifs is 5. The van der Waals surface area contributed by atoms with Crippen LogP contribution in [0.15, 0.2) is 54.1 Å². The van der Waals surface area contributed by atoms with E-state index in [4.69, 9.17) is 45.8 Å². The summed E-state index contributed by atoms with van der Waals surface area (Å²) < 4.78 is 34.4. The van der Waals surface area contributed by atoms with Crippen LogP contribution in [0.2, 0.25) is 5.02 Å². The van der Waals surface area contributed by atoms with Crippen LogP contribution in [0.1, 0.15) is 39.2 Å². The van der Waals surface area contributed by atoms with Crippen molar-refractivity contribution in [2.45, 2.75) is 75.8 Å². The second-order valence-corrected chi connectivity index (χ2v) is 13.7. The van der Waals surface area contributed by atoms with Gasteiger partial charge >= 0.3 is 12.2 Å². The minimum Gasteiger partial charge on any atom is -0.495 e. The number of epoxide rings is 1. The van der Waals surface area contributed by atoms with Gasteiger partial charge in [-0.25, -0.2) is 9.59 Å². The third-order valence-electron chi connectivity index (χ3n) is 9.66. The Labute approximate surface area is 301 Å². The summed E-state index contributed by atoms with van der Waals surface area (Å²) in [6.07, 6.45) is 0.101. The Morgan fingerprint density at radius 2 is 1.88 bits per heavy atom. The lowest BCUT2D eigenvalue weighted by Gasteiger charge is -2.42. The number of halogens is 1. The predicted molar refractivity (Wildman–Crippen MR) is 190 cm³/mol. The number of aliphatic hydroxyl groups is 1. The standard InChI is InChI=1S/C36H45ClN4O10/c1-19-9-8-10-28(48-7)36(45)18-27(49-34(44)40-36)20(2)32-35(3,51-32)29(50-33(43)39-23-12-11-22(38)16-25(23)46-5)17-30(42)41(4)24-14-21(13-19)15-26(47-6)31(24)37/h8-12,14-16,20,27-29,32,45H,13,17-18,38H2,1-7H3,(H,39,43)(H,40,44)/b10-8+,19-9+/t20-,27+,28-,29+,32+,35+,36+/m1/s1. The third kappa shape index (κ3) is 8.04. The highest BCUT2D eigenvalue weighted by Gasteiger charge is 2.64. The van der Waals surface area contributed by atoms with Crippen molar-refractivity contribution in [1.29, 1.82) is 0 Å². The van der Waals surface area contributed by atoms with Crippen LogP contribution in [-0.4, -0.2) is 87.3 Å². The summed E-state index contributed by atoms with van der Waals surface area (Å²) in [5, 5.41) is 17.1. The van der Waals surface area contributed by atoms with E-state index in [0.29, 0.717) is 35.0 Å². The van der Waals surface area contributed by atoms with Gasteiger partial charge in [0.1, 0.15) is 40.4 Å². The van der Waals surface area contributed by atoms with E-state index in [9.17, 15) is 19.5 Å². The number of hydrogen-bond acceptors (Lipinski definition) is 11. The van der Waals surface area contributed by atoms with Crippen LogP contribution in [0.25, 0.3) is 0 Å². The summed E-state index contributed by atoms with van der Waals surface area (Å²) in [5.41, 5.74) is 5.71. The molecule has 0 unspecified atom stereocenters. The molecule has 0 spiro atoms. The zero-order chi connectivity index (χ0) is 37.2. The first-order valence-electron chi connectivity index (χ1n) is 16.4. The van der Waals surface area contributed by atoms with E-state index in [1.54, 1.807) is 63.4 Å². The summed E-state index contributed by atoms with van der Waals surface area (Å²) in [4.78, 5) is 41.7. The zero-order valence-corrected chi connectivity index (χ0v) is 30.4. The molecule has 3 aliphatic heterocycles. The predicted octanol–water partition coefficient (Wildman–Crippen LogP) is 4.96. The van der Waals surface area contributed by atoms with Gasteiger partial charge in [0.05, 0.1) is 38.1 Å². The summed E-state index contributed by atoms with van der Waals surface area (Å²) in [5.74, 6) is -0.269. The van der Waals surface area contributed by atoms with Gasteiger partial charge in [0.15, 0.2) is 5.72 Å². The van der Waals surface area contributed by atoms with Gasteiger partial charge in [-0.1, -0.05) is 42.3 Å². The number of rotatable bonds is 5. The molecule has 3 heterocycles. The second kappa shape index (κ2) is 15.0. The normalized spacial score (nSPS) is 31.2. The molecule has 0 saturated carbocycles. The summed E-state index contributed by atoms with van der Waals surface area (Å²) in [7, 11) is 5.93. The van der Waals surface area contributed by atoms with Crippen molar-refractivity contribution in [2.24, 2.45) is 5.92 Å². The topological polar surface area (TPSA) is 183 Å². The molecule has 7 atom stereocenters. The molecule has 2 saturated heterocycles. The number of alkyl carbamates (subject to hydrolysis) is 1. The van der Waals surface area contributed by atoms with E-state index in [0.717, 1.165) is 11.1 Å². The summed E-state index contributed by atoms with van der Waals surface area (Å²) in [6, 6.07) is 8.29. The largest absolute Gasteiger partial charge is 0.495 e. The number of allylic oxidation sites excluding steroid dienone is 3. The molecule has 15 heteroatoms. The first-order valence-corrected chi connectivity index (χ1v) is 16.8. The number of nitrogen functional groups attached to an aromatic ring is 1. The molecular formula is C36H45ClN4O10. The Balaban J connectivity index is 1.54. The smallest absolute Gasteiger partial charge is 0.412 e. The second-order valence-electron chi connectivity index (χ2n) is 13.3. The maximum absolute atomic E-state index is 14.1. The number of nitrogens with one attached hydrogen (secondary N) is 2. The van der Waals surface area contributed by atoms with E-state index in [-0.39, 0.29) is 17.9 Å². The monoisotopic (exact) mass is 728 g/mol. The summed E-state index contributed by atoms with van der Waals surface area (Å²) in [6.45, 7) is 5.44. The average Bonchev–Trinajstić information content (AvgIpc) is 3.78. The molecule has 0 radical (unpaired) electrons. The SMILES string of the molecule is COc1cc(N)ccc1NC(=O)O[C@H]1CC(=O)N(C)c2cc(cc(OC)c2Cl)C/C(C)=C/C=C/[C@@H](OC)[C@@]2(O)C[C@H](OC(=O)N2)[C@@H](C)[C@@H]2O[C@@]12C. The number of carbonyl (C=O) groups excluding carboxylic acids is 3. The van der Waals surface area contributed by atoms with Crippen molar-refractivity contribution in [3.05, 3.63) is 64.7 Å². The number of anilines is 3. The van der Waals surface area contributed by atoms with Gasteiger partial charge < -0.3 is 44.2 Å². The van der Waals surface area contributed by atoms with Crippen LogP contribution in [0.5, 0.6) is 11.5 Å². The van der Waals surface area contributed by atoms with E-state index >= 15 is 0 Å². The highest BCUT2D eigenvalue weighted by molar-refractivity contribution is 6.35. The number of nitrogens with zero attached hydrogens (tertiary/aromatic N) is 1. The molecule has 5 rings (SSSR count). The quantitative estimate of drug-likeness (QED) is 0.241. The Bertz CT molecular complexity index is 1740. The molecule has 14 nitrogen and oxygen atoms in total. The lowest BCUT2D eigenvalue weighted by molar-refractivity contribution is -0.142. The molecule has 2 aromatic carbocycles. The van der Waals surface area contributed by atoms with Crippen LogP contribution in [0.3, 0.4) is 0 Å². The van der Waals surface area contributed by atoms with Crippen LogP contribution >= 0.6 is 11.6 Å². The minimum absolute atomic E-state index is 0.0455. The lowest BCUT2D eigenvalue weighted by Crippen LogP contribution is -2.63. The fourth-order valence-corrected chi connectivity index (χ4v) is 7.00. The fourth-order valence-electron chi connectivity index (χ4n) is 6.69. The number of hydrogen-bond donors (Lipinski definition) is 4. The van der Waals surface area contributed by atoms with Crippen molar-refractivity contribution >= 4 is 46.8 Å². The van der Waals surface area contributed by atoms with Gasteiger partial charge in [-0.3, -0.25) is 15.4 Å². The van der Waals surface area contributed by atoms with Crippen molar-refractivity contribution in [3.8, 4) is 11.5 Å². The van der Waals surface area contributed by atoms with Crippen molar-refractivity contribution in [2.75, 3.05) is 44.3 Å². The molecule has 276 valence electrons. The average molecular weight is 729 g/mol. The molecule has 2 fully saturated rings. The van der Waals surface area contributed by atoms with Gasteiger partial charge in [0.2, 0.25) is 5.91 Å². The van der Waals surface area contributed by atoms with E-state index in [1.807, 2.05) is 13.0 Å². The Morgan fingerprint density at radius 1 is 1.16 bits per heavy atom. The fraction of sp³-hybridized carbons (Fsp3) is 0.472. The highest BCUT2D eigenvalue weighted by Crippen LogP contribution is 2.49. The molecule has 3 aliphatic rings. The number of amides is 3. The van der Waals surface area contributed by atoms with Crippen LogP contribution in [-0.2, 0) is 30.2 Å². The molecule has 5 N–H and O–H groups in total. The third-order valence-corrected chi connectivity index (χ3v) is 10.0. The van der Waals surface area contributed by atoms with E-state index in [2.05, 4.69) is 10.6 Å². The number of ether oxygens (including phenoxy) is 6. The maximum atomic E-state index is 14.1.